The fourth-order valence-electron chi connectivity index (χ4n) is 5.86. The Hall–Kier alpha value is -4.21. The molecule has 2 amide bonds. The Morgan fingerprint density at radius 2 is 1.54 bits per heavy atom. The molecule has 4 aromatic carbocycles. The third-order valence-electron chi connectivity index (χ3n) is 8.31. The lowest BCUT2D eigenvalue weighted by Gasteiger charge is -2.34. The van der Waals surface area contributed by atoms with Gasteiger partial charge in [-0.1, -0.05) is 91.2 Å². The number of carbonyl (C=O) groups excluding carboxylic acids is 2. The van der Waals surface area contributed by atoms with Crippen molar-refractivity contribution in [1.82, 2.24) is 10.2 Å². The molecule has 1 N–H and O–H groups in total. The first kappa shape index (κ1) is 33.2. The van der Waals surface area contributed by atoms with Crippen LogP contribution in [0.4, 0.5) is 10.1 Å². The van der Waals surface area contributed by atoms with Crippen LogP contribution in [0.2, 0.25) is 5.02 Å². The van der Waals surface area contributed by atoms with E-state index in [9.17, 15) is 18.0 Å². The number of sulfonamides is 1. The minimum atomic E-state index is -4.25. The van der Waals surface area contributed by atoms with Crippen LogP contribution in [0.25, 0.3) is 0 Å². The molecule has 46 heavy (non-hydrogen) atoms. The predicted octanol–water partition coefficient (Wildman–Crippen LogP) is 6.68. The molecule has 1 atom stereocenters. The van der Waals surface area contributed by atoms with E-state index in [1.807, 2.05) is 30.3 Å². The topological polar surface area (TPSA) is 86.8 Å². The number of nitrogens with one attached hydrogen (secondary N) is 1. The zero-order valence-corrected chi connectivity index (χ0v) is 27.2. The van der Waals surface area contributed by atoms with Gasteiger partial charge in [0.1, 0.15) is 18.4 Å². The van der Waals surface area contributed by atoms with Crippen molar-refractivity contribution in [3.8, 4) is 0 Å². The summed E-state index contributed by atoms with van der Waals surface area (Å²) < 4.78 is 44.4. The van der Waals surface area contributed by atoms with Gasteiger partial charge in [-0.05, 0) is 67.3 Å². The molecule has 1 fully saturated rings. The Kier molecular flexibility index (Phi) is 10.8. The first-order valence-corrected chi connectivity index (χ1v) is 17.2. The second-order valence-corrected chi connectivity index (χ2v) is 13.9. The standard InChI is InChI=1S/C36H37ClFN3O4S/c1-26-22-29(37)20-21-33(26)41(46(44,45)31-17-6-3-7-18-31)25-35(42)40(24-28-14-8-11-19-32(28)38)34(23-27-12-4-2-5-13-27)36(43)39-30-15-9-10-16-30/h2-8,11-14,17-22,30,34H,9-10,15-16,23-25H2,1H3,(H,39,43)/t34-/m1/s1. The predicted molar refractivity (Wildman–Crippen MR) is 178 cm³/mol. The van der Waals surface area contributed by atoms with Crippen LogP contribution in [0.5, 0.6) is 0 Å². The van der Waals surface area contributed by atoms with Crippen molar-refractivity contribution in [3.05, 3.63) is 131 Å². The van der Waals surface area contributed by atoms with Gasteiger partial charge in [-0.3, -0.25) is 13.9 Å². The SMILES string of the molecule is Cc1cc(Cl)ccc1N(CC(=O)N(Cc1ccccc1F)[C@H](Cc1ccccc1)C(=O)NC1CCCC1)S(=O)(=O)c1ccccc1. The maximum absolute atomic E-state index is 15.1. The van der Waals surface area contributed by atoms with E-state index in [1.54, 1.807) is 61.5 Å². The minimum Gasteiger partial charge on any atom is -0.352 e. The fraction of sp³-hybridized carbons (Fsp3) is 0.278. The average Bonchev–Trinajstić information content (AvgIpc) is 3.56. The normalized spacial score (nSPS) is 14.1. The molecule has 0 spiro atoms. The Bertz CT molecular complexity index is 1770. The minimum absolute atomic E-state index is 0.00221. The second kappa shape index (κ2) is 14.9. The zero-order chi connectivity index (χ0) is 32.7. The van der Waals surface area contributed by atoms with Gasteiger partial charge in [0.25, 0.3) is 10.0 Å². The van der Waals surface area contributed by atoms with E-state index in [1.165, 1.54) is 23.1 Å². The number of halogens is 2. The van der Waals surface area contributed by atoms with Crippen molar-refractivity contribution in [3.63, 3.8) is 0 Å². The molecule has 0 heterocycles. The molecule has 7 nitrogen and oxygen atoms in total. The maximum Gasteiger partial charge on any atom is 0.264 e. The van der Waals surface area contributed by atoms with Crippen LogP contribution in [0.15, 0.2) is 108 Å². The van der Waals surface area contributed by atoms with E-state index in [0.29, 0.717) is 10.6 Å². The lowest BCUT2D eigenvalue weighted by Crippen LogP contribution is -2.54. The van der Waals surface area contributed by atoms with Crippen LogP contribution in [-0.4, -0.2) is 43.8 Å². The molecular formula is C36H37ClFN3O4S. The molecule has 0 aliphatic heterocycles. The van der Waals surface area contributed by atoms with Gasteiger partial charge in [-0.25, -0.2) is 12.8 Å². The summed E-state index contributed by atoms with van der Waals surface area (Å²) >= 11 is 6.21. The molecule has 240 valence electrons. The van der Waals surface area contributed by atoms with Crippen LogP contribution >= 0.6 is 11.6 Å². The Labute approximate surface area is 275 Å². The third-order valence-corrected chi connectivity index (χ3v) is 10.3. The summed E-state index contributed by atoms with van der Waals surface area (Å²) in [6.45, 7) is 0.847. The molecule has 5 rings (SSSR count). The van der Waals surface area contributed by atoms with E-state index in [-0.39, 0.29) is 41.1 Å². The van der Waals surface area contributed by atoms with E-state index < -0.39 is 34.3 Å². The highest BCUT2D eigenvalue weighted by atomic mass is 35.5. The van der Waals surface area contributed by atoms with Crippen LogP contribution in [0.3, 0.4) is 0 Å². The van der Waals surface area contributed by atoms with Gasteiger partial charge >= 0.3 is 0 Å². The van der Waals surface area contributed by atoms with Crippen LogP contribution in [0, 0.1) is 12.7 Å². The number of nitrogens with zero attached hydrogens (tertiary/aromatic N) is 2. The summed E-state index contributed by atoms with van der Waals surface area (Å²) in [6.07, 6.45) is 3.83. The molecule has 10 heteroatoms. The van der Waals surface area contributed by atoms with Gasteiger partial charge in [-0.15, -0.1) is 0 Å². The molecular weight excluding hydrogens is 625 g/mol. The number of hydrogen-bond donors (Lipinski definition) is 1. The van der Waals surface area contributed by atoms with Crippen molar-refractivity contribution < 1.29 is 22.4 Å². The monoisotopic (exact) mass is 661 g/mol. The smallest absolute Gasteiger partial charge is 0.264 e. The molecule has 1 aliphatic carbocycles. The van der Waals surface area contributed by atoms with Crippen molar-refractivity contribution in [2.75, 3.05) is 10.8 Å². The Balaban J connectivity index is 1.59. The van der Waals surface area contributed by atoms with Gasteiger partial charge in [0.2, 0.25) is 11.8 Å². The van der Waals surface area contributed by atoms with Crippen molar-refractivity contribution >= 4 is 39.1 Å². The number of aryl methyl sites for hydroxylation is 1. The van der Waals surface area contributed by atoms with E-state index in [2.05, 4.69) is 5.32 Å². The Morgan fingerprint density at radius 1 is 0.913 bits per heavy atom. The zero-order valence-electron chi connectivity index (χ0n) is 25.6. The van der Waals surface area contributed by atoms with Gasteiger partial charge < -0.3 is 10.2 Å². The highest BCUT2D eigenvalue weighted by Gasteiger charge is 2.36. The first-order chi connectivity index (χ1) is 22.1. The van der Waals surface area contributed by atoms with Gasteiger partial charge in [0, 0.05) is 29.6 Å². The Morgan fingerprint density at radius 3 is 2.20 bits per heavy atom. The number of anilines is 1. The summed E-state index contributed by atoms with van der Waals surface area (Å²) in [7, 11) is -4.25. The van der Waals surface area contributed by atoms with Gasteiger partial charge in [-0.2, -0.15) is 0 Å². The summed E-state index contributed by atoms with van der Waals surface area (Å²) in [5.41, 5.74) is 1.83. The van der Waals surface area contributed by atoms with E-state index in [4.69, 9.17) is 11.6 Å². The second-order valence-electron chi connectivity index (χ2n) is 11.6. The number of carbonyl (C=O) groups is 2. The molecule has 0 saturated heterocycles. The van der Waals surface area contributed by atoms with Gasteiger partial charge in [0.15, 0.2) is 0 Å². The van der Waals surface area contributed by atoms with Crippen LogP contribution < -0.4 is 9.62 Å². The molecule has 0 radical (unpaired) electrons. The highest BCUT2D eigenvalue weighted by molar-refractivity contribution is 7.92. The number of benzene rings is 4. The summed E-state index contributed by atoms with van der Waals surface area (Å²) in [5, 5.41) is 3.53. The lowest BCUT2D eigenvalue weighted by molar-refractivity contribution is -0.140. The van der Waals surface area contributed by atoms with Crippen LogP contribution in [0.1, 0.15) is 42.4 Å². The number of rotatable bonds is 12. The average molecular weight is 662 g/mol. The van der Waals surface area contributed by atoms with E-state index in [0.717, 1.165) is 35.6 Å². The summed E-state index contributed by atoms with van der Waals surface area (Å²) in [5.74, 6) is -1.54. The summed E-state index contributed by atoms with van der Waals surface area (Å²) in [4.78, 5) is 29.9. The van der Waals surface area contributed by atoms with Gasteiger partial charge in [0.05, 0.1) is 10.6 Å². The molecule has 1 saturated carbocycles. The molecule has 4 aromatic rings. The first-order valence-electron chi connectivity index (χ1n) is 15.3. The fourth-order valence-corrected chi connectivity index (χ4v) is 7.59. The molecule has 0 bridgehead atoms. The molecule has 0 aromatic heterocycles. The summed E-state index contributed by atoms with van der Waals surface area (Å²) in [6, 6.07) is 26.9. The molecule has 0 unspecified atom stereocenters. The van der Waals surface area contributed by atoms with Crippen molar-refractivity contribution in [2.45, 2.75) is 62.6 Å². The molecule has 1 aliphatic rings. The quantitative estimate of drug-likeness (QED) is 0.184. The highest BCUT2D eigenvalue weighted by Crippen LogP contribution is 2.30. The number of hydrogen-bond acceptors (Lipinski definition) is 4. The van der Waals surface area contributed by atoms with Crippen LogP contribution in [-0.2, 0) is 32.6 Å². The third kappa shape index (κ3) is 7.95. The maximum atomic E-state index is 15.1. The largest absolute Gasteiger partial charge is 0.352 e. The number of amides is 2. The van der Waals surface area contributed by atoms with Crippen molar-refractivity contribution in [1.29, 1.82) is 0 Å². The lowest BCUT2D eigenvalue weighted by atomic mass is 10.0. The van der Waals surface area contributed by atoms with E-state index >= 15 is 4.39 Å². The van der Waals surface area contributed by atoms with Crippen molar-refractivity contribution in [2.24, 2.45) is 0 Å².